The van der Waals surface area contributed by atoms with Crippen LogP contribution in [0.1, 0.15) is 33.5 Å². The molecule has 0 saturated heterocycles. The lowest BCUT2D eigenvalue weighted by Crippen LogP contribution is -2.02. The summed E-state index contributed by atoms with van der Waals surface area (Å²) >= 11 is 0. The molecule has 2 heterocycles. The van der Waals surface area contributed by atoms with Gasteiger partial charge >= 0.3 is 0 Å². The number of hydrogen-bond donors (Lipinski definition) is 0. The van der Waals surface area contributed by atoms with E-state index in [1.807, 2.05) is 24.4 Å². The molecule has 1 aliphatic heterocycles. The zero-order valence-electron chi connectivity index (χ0n) is 26.5. The Morgan fingerprint density at radius 1 is 0.809 bits per heavy atom. The van der Waals surface area contributed by atoms with Gasteiger partial charge in [0.15, 0.2) is 0 Å². The number of fused-ring (bicyclic) bond motifs is 2. The maximum Gasteiger partial charge on any atom is 0.204 e. The first-order valence-corrected chi connectivity index (χ1v) is 16.3. The number of aromatic nitrogens is 1. The number of allylic oxidation sites excluding steroid dienone is 10. The first kappa shape index (κ1) is 28.8. The zero-order chi connectivity index (χ0) is 31.7. The van der Waals surface area contributed by atoms with E-state index in [1.165, 1.54) is 44.5 Å². The summed E-state index contributed by atoms with van der Waals surface area (Å²) < 4.78 is 2.32. The topological polar surface area (TPSA) is 17.3 Å². The van der Waals surface area contributed by atoms with Crippen molar-refractivity contribution in [1.82, 2.24) is 4.57 Å². The van der Waals surface area contributed by atoms with Crippen molar-refractivity contribution in [3.05, 3.63) is 197 Å². The normalized spacial score (nSPS) is 16.8. The number of aliphatic imine (C=N–C) groups is 1. The monoisotopic (exact) mass is 601 g/mol. The Labute approximate surface area is 277 Å². The van der Waals surface area contributed by atoms with Crippen molar-refractivity contribution in [1.29, 1.82) is 0 Å². The molecule has 8 rings (SSSR count). The standard InChI is InChI=1S/C44H34BN2/c1-30-12-5-3-8-15-33-16-10-19-39-38(23-21-34(30)27-40(33)39)37-18-9-17-35(26-37)36-22-24-42-41(28-36)44(46-29-32-13-6-4-7-14-32)31(2)47(42)43-20-11-25-45-43/h3-14,16-26,28-29H,1,15,27H2,2H3/b8-3-,12-5-,46-29?. The van der Waals surface area contributed by atoms with E-state index in [9.17, 15) is 0 Å². The van der Waals surface area contributed by atoms with Crippen LogP contribution in [-0.4, -0.2) is 18.1 Å². The molecule has 4 aromatic carbocycles. The molecule has 2 aliphatic carbocycles. The van der Waals surface area contributed by atoms with E-state index in [-0.39, 0.29) is 0 Å². The molecule has 0 amide bonds. The number of rotatable bonds is 5. The van der Waals surface area contributed by atoms with E-state index in [1.54, 1.807) is 0 Å². The largest absolute Gasteiger partial charge is 0.325 e. The van der Waals surface area contributed by atoms with Crippen LogP contribution in [0.15, 0.2) is 168 Å². The molecule has 0 spiro atoms. The lowest BCUT2D eigenvalue weighted by molar-refractivity contribution is 1.10. The third-order valence-corrected chi connectivity index (χ3v) is 9.40. The molecule has 2 bridgehead atoms. The molecule has 3 aliphatic rings. The fourth-order valence-electron chi connectivity index (χ4n) is 6.97. The summed E-state index contributed by atoms with van der Waals surface area (Å²) in [6.07, 6.45) is 21.2. The summed E-state index contributed by atoms with van der Waals surface area (Å²) in [5.41, 5.74) is 16.7. The second kappa shape index (κ2) is 12.3. The summed E-state index contributed by atoms with van der Waals surface area (Å²) in [4.78, 5) is 5.07. The van der Waals surface area contributed by atoms with Gasteiger partial charge in [0.25, 0.3) is 0 Å². The molecular weight excluding hydrogens is 567 g/mol. The van der Waals surface area contributed by atoms with E-state index < -0.39 is 0 Å². The van der Waals surface area contributed by atoms with Gasteiger partial charge in [0.05, 0.1) is 11.2 Å². The summed E-state index contributed by atoms with van der Waals surface area (Å²) in [5.74, 6) is 2.09. The Morgan fingerprint density at radius 2 is 1.66 bits per heavy atom. The Bertz CT molecular complexity index is 2280. The van der Waals surface area contributed by atoms with Gasteiger partial charge in [-0.25, -0.2) is 0 Å². The highest BCUT2D eigenvalue weighted by Gasteiger charge is 2.20. The van der Waals surface area contributed by atoms with Gasteiger partial charge in [0.1, 0.15) is 0 Å². The lowest BCUT2D eigenvalue weighted by atomic mass is 9.77. The quantitative estimate of drug-likeness (QED) is 0.141. The van der Waals surface area contributed by atoms with Crippen LogP contribution in [0, 0.1) is 6.92 Å². The Balaban J connectivity index is 1.25. The minimum absolute atomic E-state index is 0.880. The highest BCUT2D eigenvalue weighted by molar-refractivity contribution is 6.64. The van der Waals surface area contributed by atoms with Crippen LogP contribution in [0.25, 0.3) is 33.2 Å². The smallest absolute Gasteiger partial charge is 0.204 e. The second-order valence-electron chi connectivity index (χ2n) is 12.3. The molecule has 0 fully saturated rings. The van der Waals surface area contributed by atoms with Gasteiger partial charge in [0, 0.05) is 17.3 Å². The van der Waals surface area contributed by atoms with Crippen LogP contribution in [0.5, 0.6) is 0 Å². The number of nitrogens with zero attached hydrogens (tertiary/aromatic N) is 2. The van der Waals surface area contributed by atoms with Crippen molar-refractivity contribution < 1.29 is 0 Å². The van der Waals surface area contributed by atoms with Crippen molar-refractivity contribution in [3.8, 4) is 11.1 Å². The van der Waals surface area contributed by atoms with Gasteiger partial charge in [-0.2, -0.15) is 0 Å². The predicted octanol–water partition coefficient (Wildman–Crippen LogP) is 10.5. The van der Waals surface area contributed by atoms with Gasteiger partial charge in [-0.1, -0.05) is 128 Å². The maximum atomic E-state index is 5.07. The molecule has 0 atom stereocenters. The van der Waals surface area contributed by atoms with E-state index >= 15 is 0 Å². The van der Waals surface area contributed by atoms with Crippen LogP contribution in [0.4, 0.5) is 5.69 Å². The SMILES string of the molecule is C=C1/C=C\C=C/Cc2cccc3c2CC1=CC=C3c1cccc(-c2ccc3c(c2)c(N=Cc2ccccc2)c(C)n3C2=CC=C[B]2)c1. The lowest BCUT2D eigenvalue weighted by Gasteiger charge is -2.17. The van der Waals surface area contributed by atoms with Crippen molar-refractivity contribution in [2.75, 3.05) is 0 Å². The third kappa shape index (κ3) is 5.45. The fourth-order valence-corrected chi connectivity index (χ4v) is 6.97. The Morgan fingerprint density at radius 3 is 2.53 bits per heavy atom. The van der Waals surface area contributed by atoms with Crippen molar-refractivity contribution >= 4 is 41.3 Å². The van der Waals surface area contributed by atoms with Crippen LogP contribution < -0.4 is 0 Å². The molecule has 1 radical (unpaired) electrons. The first-order valence-electron chi connectivity index (χ1n) is 16.3. The average Bonchev–Trinajstić information content (AvgIpc) is 3.67. The van der Waals surface area contributed by atoms with Gasteiger partial charge in [0.2, 0.25) is 7.28 Å². The highest BCUT2D eigenvalue weighted by Crippen LogP contribution is 2.40. The Kier molecular flexibility index (Phi) is 7.51. The van der Waals surface area contributed by atoms with E-state index in [0.717, 1.165) is 51.9 Å². The molecule has 47 heavy (non-hydrogen) atoms. The van der Waals surface area contributed by atoms with Crippen molar-refractivity contribution in [2.24, 2.45) is 4.99 Å². The molecule has 5 aromatic rings. The van der Waals surface area contributed by atoms with Crippen LogP contribution in [-0.2, 0) is 12.8 Å². The fraction of sp³-hybridized carbons (Fsp3) is 0.0682. The minimum atomic E-state index is 0.880. The van der Waals surface area contributed by atoms with Gasteiger partial charge in [-0.05, 0) is 99.2 Å². The minimum Gasteiger partial charge on any atom is -0.325 e. The molecule has 223 valence electrons. The third-order valence-electron chi connectivity index (χ3n) is 9.40. The number of benzene rings is 4. The molecule has 0 unspecified atom stereocenters. The highest BCUT2D eigenvalue weighted by atomic mass is 15.0. The molecular formula is C44H34BN2. The van der Waals surface area contributed by atoms with Crippen LogP contribution in [0.3, 0.4) is 0 Å². The summed E-state index contributed by atoms with van der Waals surface area (Å²) in [6.45, 7) is 6.56. The van der Waals surface area contributed by atoms with Crippen molar-refractivity contribution in [2.45, 2.75) is 19.8 Å². The van der Waals surface area contributed by atoms with Crippen LogP contribution >= 0.6 is 0 Å². The van der Waals surface area contributed by atoms with E-state index in [2.05, 4.69) is 153 Å². The van der Waals surface area contributed by atoms with E-state index in [4.69, 9.17) is 4.99 Å². The summed E-state index contributed by atoms with van der Waals surface area (Å²) in [5, 5.41) is 1.14. The molecule has 2 nitrogen and oxygen atoms in total. The predicted molar refractivity (Wildman–Crippen MR) is 201 cm³/mol. The molecule has 0 N–H and O–H groups in total. The summed E-state index contributed by atoms with van der Waals surface area (Å²) in [7, 11) is 2.16. The first-order chi connectivity index (χ1) is 23.1. The summed E-state index contributed by atoms with van der Waals surface area (Å²) in [6, 6.07) is 32.8. The zero-order valence-corrected chi connectivity index (χ0v) is 26.5. The Hall–Kier alpha value is -5.67. The molecule has 3 heteroatoms. The van der Waals surface area contributed by atoms with Gasteiger partial charge in [-0.3, -0.25) is 4.99 Å². The number of hydrogen-bond acceptors (Lipinski definition) is 1. The van der Waals surface area contributed by atoms with Gasteiger partial charge < -0.3 is 4.57 Å². The average molecular weight is 602 g/mol. The maximum absolute atomic E-state index is 5.07. The van der Waals surface area contributed by atoms with Crippen molar-refractivity contribution in [3.63, 3.8) is 0 Å². The van der Waals surface area contributed by atoms with Crippen LogP contribution in [0.2, 0.25) is 0 Å². The van der Waals surface area contributed by atoms with E-state index in [0.29, 0.717) is 0 Å². The van der Waals surface area contributed by atoms with Gasteiger partial charge in [-0.15, -0.1) is 5.98 Å². The molecule has 0 saturated carbocycles. The molecule has 1 aromatic heterocycles. The second-order valence-corrected chi connectivity index (χ2v) is 12.3.